The summed E-state index contributed by atoms with van der Waals surface area (Å²) in [5.41, 5.74) is 0. The molecular formula is C56H96O6. The second kappa shape index (κ2) is 50.5. The molecule has 0 N–H and O–H groups in total. The molecule has 0 saturated carbocycles. The quantitative estimate of drug-likeness (QED) is 0.0262. The van der Waals surface area contributed by atoms with Crippen molar-refractivity contribution in [1.29, 1.82) is 0 Å². The number of esters is 3. The Bertz CT molecular complexity index is 1180. The average Bonchev–Trinajstić information content (AvgIpc) is 3.27. The summed E-state index contributed by atoms with van der Waals surface area (Å²) in [5, 5.41) is 0. The van der Waals surface area contributed by atoms with Gasteiger partial charge in [0.25, 0.3) is 0 Å². The van der Waals surface area contributed by atoms with E-state index in [1.165, 1.54) is 135 Å². The highest BCUT2D eigenvalue weighted by Gasteiger charge is 2.19. The third-order valence-corrected chi connectivity index (χ3v) is 11.1. The van der Waals surface area contributed by atoms with Crippen LogP contribution in [0, 0.1) is 0 Å². The molecule has 0 bridgehead atoms. The van der Waals surface area contributed by atoms with Crippen molar-refractivity contribution in [1.82, 2.24) is 0 Å². The molecule has 1 atom stereocenters. The molecule has 0 spiro atoms. The third-order valence-electron chi connectivity index (χ3n) is 11.1. The molecule has 0 amide bonds. The van der Waals surface area contributed by atoms with Crippen LogP contribution in [0.5, 0.6) is 0 Å². The van der Waals surface area contributed by atoms with Gasteiger partial charge >= 0.3 is 17.9 Å². The zero-order valence-electron chi connectivity index (χ0n) is 40.6. The van der Waals surface area contributed by atoms with Crippen LogP contribution in [0.3, 0.4) is 0 Å². The van der Waals surface area contributed by atoms with Gasteiger partial charge in [0, 0.05) is 19.3 Å². The summed E-state index contributed by atoms with van der Waals surface area (Å²) >= 11 is 0. The molecule has 0 aromatic heterocycles. The SMILES string of the molecule is CC\C=C/C=C\C=C/C=C\C=C\C=C/CCCCCC(=O)OCC(COC(=O)CCCCCCCCCCCCCCC)OC(=O)CCCCCCCCCCCCCCCC. The largest absolute Gasteiger partial charge is 0.462 e. The van der Waals surface area contributed by atoms with E-state index in [4.69, 9.17) is 14.2 Å². The zero-order valence-corrected chi connectivity index (χ0v) is 40.6. The van der Waals surface area contributed by atoms with Crippen LogP contribution in [-0.4, -0.2) is 37.2 Å². The lowest BCUT2D eigenvalue weighted by Gasteiger charge is -2.18. The molecule has 6 nitrogen and oxygen atoms in total. The lowest BCUT2D eigenvalue weighted by molar-refractivity contribution is -0.167. The molecule has 0 aliphatic heterocycles. The van der Waals surface area contributed by atoms with Crippen molar-refractivity contribution in [2.45, 2.75) is 252 Å². The topological polar surface area (TPSA) is 78.9 Å². The lowest BCUT2D eigenvalue weighted by Crippen LogP contribution is -2.30. The van der Waals surface area contributed by atoms with Gasteiger partial charge in [0.1, 0.15) is 13.2 Å². The molecule has 0 rings (SSSR count). The van der Waals surface area contributed by atoms with Gasteiger partial charge in [-0.15, -0.1) is 0 Å². The Labute approximate surface area is 382 Å². The summed E-state index contributed by atoms with van der Waals surface area (Å²) in [7, 11) is 0. The van der Waals surface area contributed by atoms with Crippen molar-refractivity contribution in [2.75, 3.05) is 13.2 Å². The fourth-order valence-corrected chi connectivity index (χ4v) is 7.24. The fourth-order valence-electron chi connectivity index (χ4n) is 7.24. The Hall–Kier alpha value is -3.15. The Morgan fingerprint density at radius 2 is 0.629 bits per heavy atom. The minimum absolute atomic E-state index is 0.0867. The molecule has 0 radical (unpaired) electrons. The molecule has 0 aromatic carbocycles. The standard InChI is InChI=1S/C56H96O6/c1-4-7-10-13-16-19-22-25-27-28-29-32-34-37-40-43-46-49-55(58)61-52-53(51-60-54(57)48-45-42-39-36-33-30-24-21-18-15-12-9-6-3)62-56(59)50-47-44-41-38-35-31-26-23-20-17-14-11-8-5-2/h7,10,13,16,19,22,25,27-29,32,34,53H,4-6,8-9,11-12,14-15,17-18,20-21,23-24,26,30-31,33,35-52H2,1-3H3/b10-7-,16-13-,22-19-,27-25-,29-28+,34-32-. The van der Waals surface area contributed by atoms with Crippen molar-refractivity contribution >= 4 is 17.9 Å². The number of ether oxygens (including phenoxy) is 3. The molecule has 1 unspecified atom stereocenters. The van der Waals surface area contributed by atoms with E-state index < -0.39 is 6.10 Å². The second-order valence-corrected chi connectivity index (χ2v) is 17.2. The Balaban J connectivity index is 4.46. The maximum atomic E-state index is 12.8. The number of carbonyl (C=O) groups is 3. The highest BCUT2D eigenvalue weighted by molar-refractivity contribution is 5.71. The van der Waals surface area contributed by atoms with Crippen LogP contribution < -0.4 is 0 Å². The van der Waals surface area contributed by atoms with Gasteiger partial charge in [0.2, 0.25) is 0 Å². The number of allylic oxidation sites excluding steroid dienone is 12. The maximum absolute atomic E-state index is 12.8. The molecule has 0 aliphatic rings. The van der Waals surface area contributed by atoms with Gasteiger partial charge in [0.15, 0.2) is 6.10 Å². The summed E-state index contributed by atoms with van der Waals surface area (Å²) in [4.78, 5) is 38.0. The fraction of sp³-hybridized carbons (Fsp3) is 0.732. The van der Waals surface area contributed by atoms with E-state index in [0.717, 1.165) is 70.6 Å². The second-order valence-electron chi connectivity index (χ2n) is 17.2. The molecular weight excluding hydrogens is 769 g/mol. The minimum Gasteiger partial charge on any atom is -0.462 e. The van der Waals surface area contributed by atoms with E-state index in [0.29, 0.717) is 19.3 Å². The molecule has 0 aliphatic carbocycles. The van der Waals surface area contributed by atoms with E-state index in [-0.39, 0.29) is 31.1 Å². The summed E-state index contributed by atoms with van der Waals surface area (Å²) in [6.45, 7) is 6.46. The first-order valence-electron chi connectivity index (χ1n) is 26.0. The summed E-state index contributed by atoms with van der Waals surface area (Å²) in [6.07, 6.45) is 63.1. The van der Waals surface area contributed by atoms with Gasteiger partial charge in [0.05, 0.1) is 0 Å². The Morgan fingerprint density at radius 3 is 0.984 bits per heavy atom. The summed E-state index contributed by atoms with van der Waals surface area (Å²) in [6, 6.07) is 0. The maximum Gasteiger partial charge on any atom is 0.306 e. The first kappa shape index (κ1) is 58.9. The van der Waals surface area contributed by atoms with Crippen LogP contribution in [-0.2, 0) is 28.6 Å². The van der Waals surface area contributed by atoms with Crippen LogP contribution in [0.2, 0.25) is 0 Å². The van der Waals surface area contributed by atoms with Crippen molar-refractivity contribution in [3.8, 4) is 0 Å². The molecule has 0 aromatic rings. The molecule has 0 fully saturated rings. The van der Waals surface area contributed by atoms with E-state index >= 15 is 0 Å². The molecule has 356 valence electrons. The number of unbranched alkanes of at least 4 members (excludes halogenated alkanes) is 28. The van der Waals surface area contributed by atoms with Gasteiger partial charge in [-0.3, -0.25) is 14.4 Å². The molecule has 0 saturated heterocycles. The smallest absolute Gasteiger partial charge is 0.306 e. The van der Waals surface area contributed by atoms with Crippen molar-refractivity contribution in [2.24, 2.45) is 0 Å². The lowest BCUT2D eigenvalue weighted by atomic mass is 10.0. The minimum atomic E-state index is -0.789. The van der Waals surface area contributed by atoms with Crippen LogP contribution in [0.15, 0.2) is 72.9 Å². The van der Waals surface area contributed by atoms with E-state index in [2.05, 4.69) is 32.9 Å². The normalized spacial score (nSPS) is 12.6. The number of hydrogen-bond donors (Lipinski definition) is 0. The first-order chi connectivity index (χ1) is 30.5. The Morgan fingerprint density at radius 1 is 0.339 bits per heavy atom. The van der Waals surface area contributed by atoms with Gasteiger partial charge in [-0.25, -0.2) is 0 Å². The first-order valence-corrected chi connectivity index (χ1v) is 26.0. The predicted octanol–water partition coefficient (Wildman–Crippen LogP) is 17.0. The van der Waals surface area contributed by atoms with Gasteiger partial charge in [-0.2, -0.15) is 0 Å². The number of rotatable bonds is 46. The van der Waals surface area contributed by atoms with Crippen molar-refractivity contribution in [3.05, 3.63) is 72.9 Å². The van der Waals surface area contributed by atoms with Crippen LogP contribution in [0.25, 0.3) is 0 Å². The molecule has 0 heterocycles. The number of hydrogen-bond acceptors (Lipinski definition) is 6. The zero-order chi connectivity index (χ0) is 45.1. The van der Waals surface area contributed by atoms with Crippen LogP contribution >= 0.6 is 0 Å². The van der Waals surface area contributed by atoms with Crippen molar-refractivity contribution in [3.63, 3.8) is 0 Å². The van der Waals surface area contributed by atoms with Crippen molar-refractivity contribution < 1.29 is 28.6 Å². The van der Waals surface area contributed by atoms with E-state index in [1.54, 1.807) is 0 Å². The summed E-state index contributed by atoms with van der Waals surface area (Å²) in [5.74, 6) is -0.926. The van der Waals surface area contributed by atoms with Gasteiger partial charge < -0.3 is 14.2 Å². The highest BCUT2D eigenvalue weighted by atomic mass is 16.6. The average molecular weight is 865 g/mol. The Kier molecular flexibility index (Phi) is 47.9. The van der Waals surface area contributed by atoms with Crippen LogP contribution in [0.4, 0.5) is 0 Å². The summed E-state index contributed by atoms with van der Waals surface area (Å²) < 4.78 is 16.8. The molecule has 6 heteroatoms. The van der Waals surface area contributed by atoms with E-state index in [9.17, 15) is 14.4 Å². The highest BCUT2D eigenvalue weighted by Crippen LogP contribution is 2.16. The molecule has 62 heavy (non-hydrogen) atoms. The third kappa shape index (κ3) is 47.9. The van der Waals surface area contributed by atoms with Gasteiger partial charge in [-0.05, 0) is 38.5 Å². The van der Waals surface area contributed by atoms with Gasteiger partial charge in [-0.1, -0.05) is 261 Å². The van der Waals surface area contributed by atoms with E-state index in [1.807, 2.05) is 60.8 Å². The number of carbonyl (C=O) groups excluding carboxylic acids is 3. The predicted molar refractivity (Wildman–Crippen MR) is 265 cm³/mol. The van der Waals surface area contributed by atoms with Crippen LogP contribution in [0.1, 0.15) is 245 Å². The monoisotopic (exact) mass is 865 g/mol.